The van der Waals surface area contributed by atoms with Crippen LogP contribution in [0.15, 0.2) is 61.2 Å². The van der Waals surface area contributed by atoms with Crippen molar-refractivity contribution in [3.8, 4) is 23.0 Å². The molecule has 4 amide bonds. The molecule has 3 saturated heterocycles. The van der Waals surface area contributed by atoms with Gasteiger partial charge in [-0.3, -0.25) is 19.9 Å². The summed E-state index contributed by atoms with van der Waals surface area (Å²) < 4.78 is 155. The second kappa shape index (κ2) is 24.2. The molecule has 80 heavy (non-hydrogen) atoms. The number of nitrogens with zero attached hydrogens (tertiary/aromatic N) is 7. The predicted octanol–water partition coefficient (Wildman–Crippen LogP) is 5.92. The average molecular weight is 1140 g/mol. The van der Waals surface area contributed by atoms with Crippen molar-refractivity contribution in [2.24, 2.45) is 10.8 Å². The molecule has 3 fully saturated rings. The number of carboxylic acid groups (broad SMARTS) is 1. The molecule has 3 aliphatic rings. The van der Waals surface area contributed by atoms with E-state index in [1.807, 2.05) is 10.7 Å². The standard InChI is InChI=1S/C51H57F10N11O8/c1-48(2,50(56,57)58)40(67-47(78)79-5)42(74)65-38(14-28-9-6-27(7-10-28)8-11-29-17-62-45(63-18-29)69-21-32-12-13-33(22-69)72(32)34-25-80-26-34)39(73)24-70(68-43(75)41(66-46(76)77)49(3,4)51(59,60)61)23-35-36(52)15-30(16-37(35)53)31-19-64-71(20-31)44(54)55/h6-7,9-10,15-20,32-34,38-41,44,66,73H,12-14,21-26H2,1-5H3,(H,65,74)(H,67,78)(H,68,75)(H,76,77)/t32?,33?,38-,39-,40+,41+/m0/s1. The summed E-state index contributed by atoms with van der Waals surface area (Å²) in [5.41, 5.74) is -4.64. The number of alkyl halides is 8. The van der Waals surface area contributed by atoms with Gasteiger partial charge in [0.15, 0.2) is 0 Å². The lowest BCUT2D eigenvalue weighted by molar-refractivity contribution is -0.221. The number of halogens is 10. The number of hydrogen-bond donors (Lipinski definition) is 6. The Balaban J connectivity index is 1.18. The normalized spacial score (nSPS) is 18.6. The number of fused-ring (bicyclic) bond motifs is 2. The fourth-order valence-electron chi connectivity index (χ4n) is 9.51. The van der Waals surface area contributed by atoms with Crippen molar-refractivity contribution in [1.29, 1.82) is 0 Å². The Hall–Kier alpha value is -7.29. The van der Waals surface area contributed by atoms with Crippen LogP contribution in [0.1, 0.15) is 69.3 Å². The summed E-state index contributed by atoms with van der Waals surface area (Å²) in [4.78, 5) is 65.8. The first-order valence-corrected chi connectivity index (χ1v) is 24.8. The lowest BCUT2D eigenvalue weighted by Gasteiger charge is -2.47. The van der Waals surface area contributed by atoms with Gasteiger partial charge in [-0.2, -0.15) is 40.2 Å². The smallest absolute Gasteiger partial charge is 0.407 e. The third kappa shape index (κ3) is 13.8. The van der Waals surface area contributed by atoms with Gasteiger partial charge < -0.3 is 40.5 Å². The van der Waals surface area contributed by atoms with Gasteiger partial charge in [0, 0.05) is 73.5 Å². The second-order valence-corrected chi connectivity index (χ2v) is 20.7. The van der Waals surface area contributed by atoms with E-state index in [-0.39, 0.29) is 21.4 Å². The number of hydrogen-bond acceptors (Lipinski definition) is 13. The number of hydrazine groups is 1. The van der Waals surface area contributed by atoms with Crippen LogP contribution in [-0.4, -0.2) is 159 Å². The number of amides is 4. The number of alkyl carbamates (subject to hydrolysis) is 1. The monoisotopic (exact) mass is 1140 g/mol. The zero-order valence-corrected chi connectivity index (χ0v) is 43.5. The summed E-state index contributed by atoms with van der Waals surface area (Å²) in [6, 6.07) is 1.47. The number of aliphatic hydroxyl groups is 1. The summed E-state index contributed by atoms with van der Waals surface area (Å²) in [5.74, 6) is 0.267. The molecule has 0 saturated carbocycles. The highest BCUT2D eigenvalue weighted by molar-refractivity contribution is 5.87. The van der Waals surface area contributed by atoms with E-state index in [1.165, 1.54) is 29.6 Å². The second-order valence-electron chi connectivity index (χ2n) is 20.7. The molecule has 434 valence electrons. The van der Waals surface area contributed by atoms with Crippen LogP contribution in [0.3, 0.4) is 0 Å². The molecule has 0 aliphatic carbocycles. The molecule has 4 aromatic rings. The summed E-state index contributed by atoms with van der Waals surface area (Å²) in [5, 5.41) is 30.9. The molecule has 7 rings (SSSR count). The molecule has 29 heteroatoms. The third-order valence-corrected chi connectivity index (χ3v) is 14.5. The fraction of sp³-hybridized carbons (Fsp3) is 0.510. The Kier molecular flexibility index (Phi) is 18.3. The first-order chi connectivity index (χ1) is 37.5. The SMILES string of the molecule is COC(=O)N[C@H](C(=O)N[C@@H](Cc1ccc(C#Cc2cnc(N3CC4CCC(C3)N4C3COC3)nc2)cc1)[C@@H](O)CN(Cc1c(F)cc(-c2cnn(C(F)F)c2)cc1F)NC(=O)[C@@H](NC(=O)O)C(C)(C)C(F)(F)F)C(C)(C)C(F)(F)F. The van der Waals surface area contributed by atoms with Crippen molar-refractivity contribution >= 4 is 29.9 Å². The summed E-state index contributed by atoms with van der Waals surface area (Å²) in [6.45, 7) is -0.379. The number of benzene rings is 2. The molecule has 3 aliphatic heterocycles. The molecule has 0 spiro atoms. The van der Waals surface area contributed by atoms with E-state index in [4.69, 9.17) is 4.74 Å². The quantitative estimate of drug-likeness (QED) is 0.0364. The van der Waals surface area contributed by atoms with E-state index in [9.17, 15) is 64.5 Å². The lowest BCUT2D eigenvalue weighted by atomic mass is 9.82. The third-order valence-electron chi connectivity index (χ3n) is 14.5. The van der Waals surface area contributed by atoms with Gasteiger partial charge in [-0.25, -0.2) is 38.0 Å². The van der Waals surface area contributed by atoms with E-state index in [2.05, 4.69) is 46.8 Å². The zero-order valence-electron chi connectivity index (χ0n) is 43.5. The number of ether oxygens (including phenoxy) is 2. The van der Waals surface area contributed by atoms with Crippen LogP contribution in [0, 0.1) is 34.3 Å². The number of carbonyl (C=O) groups is 4. The maximum Gasteiger partial charge on any atom is 0.407 e. The first kappa shape index (κ1) is 60.4. The van der Waals surface area contributed by atoms with Crippen LogP contribution in [-0.2, 0) is 32.0 Å². The van der Waals surface area contributed by atoms with E-state index in [1.54, 1.807) is 12.4 Å². The molecule has 5 heterocycles. The molecule has 2 aromatic heterocycles. The average Bonchev–Trinajstić information content (AvgIpc) is 3.96. The van der Waals surface area contributed by atoms with Crippen LogP contribution >= 0.6 is 0 Å². The van der Waals surface area contributed by atoms with E-state index in [0.29, 0.717) is 80.0 Å². The molecule has 2 unspecified atom stereocenters. The summed E-state index contributed by atoms with van der Waals surface area (Å²) in [7, 11) is 0.809. The molecular formula is C51H57F10N11O8. The minimum atomic E-state index is -5.29. The molecule has 0 radical (unpaired) electrons. The molecule has 2 bridgehead atoms. The Morgan fingerprint density at radius 1 is 0.800 bits per heavy atom. The van der Waals surface area contributed by atoms with Crippen LogP contribution in [0.2, 0.25) is 0 Å². The van der Waals surface area contributed by atoms with Gasteiger partial charge in [-0.15, -0.1) is 0 Å². The highest BCUT2D eigenvalue weighted by Gasteiger charge is 2.57. The largest absolute Gasteiger partial charge is 0.465 e. The van der Waals surface area contributed by atoms with E-state index >= 15 is 8.78 Å². The first-order valence-electron chi connectivity index (χ1n) is 24.8. The number of piperazine rings is 1. The van der Waals surface area contributed by atoms with Crippen LogP contribution in [0.4, 0.5) is 59.4 Å². The molecule has 19 nitrogen and oxygen atoms in total. The summed E-state index contributed by atoms with van der Waals surface area (Å²) >= 11 is 0. The highest BCUT2D eigenvalue weighted by Crippen LogP contribution is 2.42. The zero-order chi connectivity index (χ0) is 58.6. The highest BCUT2D eigenvalue weighted by atomic mass is 19.4. The van der Waals surface area contributed by atoms with Gasteiger partial charge in [0.05, 0.1) is 61.1 Å². The van der Waals surface area contributed by atoms with E-state index < -0.39 is 115 Å². The number of nitrogens with one attached hydrogen (secondary N) is 4. The van der Waals surface area contributed by atoms with Crippen LogP contribution in [0.25, 0.3) is 11.1 Å². The minimum absolute atomic E-state index is 0.186. The predicted molar refractivity (Wildman–Crippen MR) is 263 cm³/mol. The number of rotatable bonds is 19. The van der Waals surface area contributed by atoms with Crippen molar-refractivity contribution in [3.63, 3.8) is 0 Å². The lowest BCUT2D eigenvalue weighted by Crippen LogP contribution is -2.63. The number of anilines is 1. The summed E-state index contributed by atoms with van der Waals surface area (Å²) in [6.07, 6.45) is -9.81. The number of methoxy groups -OCH3 is 1. The molecule has 6 atom stereocenters. The van der Waals surface area contributed by atoms with Gasteiger partial charge in [0.2, 0.25) is 11.9 Å². The molecule has 2 aromatic carbocycles. The molecule has 6 N–H and O–H groups in total. The van der Waals surface area contributed by atoms with Gasteiger partial charge >= 0.3 is 31.1 Å². The van der Waals surface area contributed by atoms with Gasteiger partial charge in [0.1, 0.15) is 23.7 Å². The van der Waals surface area contributed by atoms with Crippen LogP contribution in [0.5, 0.6) is 0 Å². The Morgan fingerprint density at radius 3 is 1.86 bits per heavy atom. The number of carbonyl (C=O) groups excluding carboxylic acids is 3. The maximum absolute atomic E-state index is 16.0. The topological polar surface area (TPSA) is 229 Å². The van der Waals surface area contributed by atoms with Crippen molar-refractivity contribution in [3.05, 3.63) is 95.1 Å². The van der Waals surface area contributed by atoms with Crippen molar-refractivity contribution in [2.45, 2.75) is 115 Å². The fourth-order valence-corrected chi connectivity index (χ4v) is 9.51. The van der Waals surface area contributed by atoms with Crippen molar-refractivity contribution < 1.29 is 82.8 Å². The van der Waals surface area contributed by atoms with Crippen LogP contribution < -0.4 is 26.3 Å². The maximum atomic E-state index is 16.0. The van der Waals surface area contributed by atoms with Gasteiger partial charge in [0.25, 0.3) is 5.91 Å². The van der Waals surface area contributed by atoms with E-state index in [0.717, 1.165) is 58.6 Å². The Morgan fingerprint density at radius 2 is 1.36 bits per heavy atom. The number of aromatic nitrogens is 4. The van der Waals surface area contributed by atoms with Crippen molar-refractivity contribution in [1.82, 2.24) is 51.0 Å². The minimum Gasteiger partial charge on any atom is -0.465 e. The number of aliphatic hydroxyl groups excluding tert-OH is 1. The molecular weight excluding hydrogens is 1080 g/mol. The van der Waals surface area contributed by atoms with Gasteiger partial charge in [-0.05, 0) is 82.3 Å². The van der Waals surface area contributed by atoms with Gasteiger partial charge in [-0.1, -0.05) is 24.0 Å². The van der Waals surface area contributed by atoms with Crippen molar-refractivity contribution in [2.75, 3.05) is 44.9 Å². The Labute approximate surface area is 451 Å². The Bertz CT molecular complexity index is 2890.